The minimum absolute atomic E-state index is 0.0147. The van der Waals surface area contributed by atoms with Gasteiger partial charge in [0.05, 0.1) is 29.5 Å². The largest absolute Gasteiger partial charge is 0.460 e. The Hall–Kier alpha value is -2.46. The molecule has 4 heteroatoms. The van der Waals surface area contributed by atoms with Gasteiger partial charge in [0, 0.05) is 5.92 Å². The minimum atomic E-state index is -0.620. The molecule has 3 fully saturated rings. The Bertz CT molecular complexity index is 1040. The van der Waals surface area contributed by atoms with Crippen LogP contribution in [0.3, 0.4) is 0 Å². The van der Waals surface area contributed by atoms with Crippen molar-refractivity contribution in [2.24, 2.45) is 17.3 Å². The molecule has 6 unspecified atom stereocenters. The lowest BCUT2D eigenvalue weighted by Crippen LogP contribution is -2.38. The normalized spacial score (nSPS) is 31.1. The van der Waals surface area contributed by atoms with Crippen molar-refractivity contribution in [2.75, 3.05) is 0 Å². The molecule has 4 nitrogen and oxygen atoms in total. The zero-order chi connectivity index (χ0) is 22.8. The molecule has 32 heavy (non-hydrogen) atoms. The quantitative estimate of drug-likeness (QED) is 0.611. The van der Waals surface area contributed by atoms with E-state index in [4.69, 9.17) is 9.47 Å². The van der Waals surface area contributed by atoms with Crippen LogP contribution in [-0.2, 0) is 19.1 Å². The van der Waals surface area contributed by atoms with E-state index >= 15 is 0 Å². The number of Topliss-reactive ketones (excluding diaryl/α,β-unsaturated/α-hetero) is 1. The van der Waals surface area contributed by atoms with E-state index in [-0.39, 0.29) is 35.8 Å². The summed E-state index contributed by atoms with van der Waals surface area (Å²) in [6.07, 6.45) is 1.40. The van der Waals surface area contributed by atoms with Gasteiger partial charge in [0.1, 0.15) is 11.9 Å². The van der Waals surface area contributed by atoms with Crippen molar-refractivity contribution in [2.45, 2.75) is 71.7 Å². The molecule has 3 aliphatic rings. The van der Waals surface area contributed by atoms with Gasteiger partial charge < -0.3 is 9.47 Å². The number of hydrogen-bond donors (Lipinski definition) is 0. The number of carbonyl (C=O) groups excluding carboxylic acids is 2. The first-order valence-corrected chi connectivity index (χ1v) is 11.7. The van der Waals surface area contributed by atoms with Gasteiger partial charge in [-0.15, -0.1) is 0 Å². The third-order valence-corrected chi connectivity index (χ3v) is 7.54. The standard InChI is InChI=1S/C28H32O4/c1-15-13-18(17-9-7-6-8-10-17)14-16(2)21(15)24-25(29)22-19-11-12-20(31-19)23(22)26(24)32-27(30)28(3,4)5/h6-10,13-14,19-20,22-24,26H,11-12H2,1-5H3. The molecule has 168 valence electrons. The third-order valence-electron chi connectivity index (χ3n) is 7.54. The Kier molecular flexibility index (Phi) is 5.05. The van der Waals surface area contributed by atoms with E-state index in [0.29, 0.717) is 0 Å². The van der Waals surface area contributed by atoms with Crippen molar-refractivity contribution in [1.82, 2.24) is 0 Å². The van der Waals surface area contributed by atoms with Gasteiger partial charge in [-0.05, 0) is 75.3 Å². The van der Waals surface area contributed by atoms with Gasteiger partial charge in [-0.3, -0.25) is 9.59 Å². The van der Waals surface area contributed by atoms with Gasteiger partial charge in [-0.1, -0.05) is 42.5 Å². The molecule has 1 aliphatic carbocycles. The molecule has 2 bridgehead atoms. The molecule has 0 aromatic heterocycles. The fraction of sp³-hybridized carbons (Fsp3) is 0.500. The second kappa shape index (κ2) is 7.55. The average Bonchev–Trinajstić information content (AvgIpc) is 3.42. The predicted octanol–water partition coefficient (Wildman–Crippen LogP) is 5.39. The van der Waals surface area contributed by atoms with Crippen LogP contribution in [0.5, 0.6) is 0 Å². The summed E-state index contributed by atoms with van der Waals surface area (Å²) in [7, 11) is 0. The Morgan fingerprint density at radius 1 is 0.969 bits per heavy atom. The maximum absolute atomic E-state index is 13.8. The molecule has 2 saturated heterocycles. The van der Waals surface area contributed by atoms with Crippen LogP contribution >= 0.6 is 0 Å². The first kappa shape index (κ1) is 21.4. The van der Waals surface area contributed by atoms with Crippen LogP contribution in [0.1, 0.15) is 56.2 Å². The van der Waals surface area contributed by atoms with Crippen LogP contribution < -0.4 is 0 Å². The number of aryl methyl sites for hydroxylation is 2. The highest BCUT2D eigenvalue weighted by atomic mass is 16.6. The number of rotatable bonds is 3. The van der Waals surface area contributed by atoms with E-state index in [1.807, 2.05) is 39.0 Å². The molecule has 0 spiro atoms. The number of fused-ring (bicyclic) bond motifs is 5. The van der Waals surface area contributed by atoms with Crippen molar-refractivity contribution in [1.29, 1.82) is 0 Å². The summed E-state index contributed by atoms with van der Waals surface area (Å²) < 4.78 is 12.3. The molecule has 2 aromatic carbocycles. The second-order valence-electron chi connectivity index (χ2n) is 10.8. The van der Waals surface area contributed by atoms with Crippen molar-refractivity contribution in [3.8, 4) is 11.1 Å². The van der Waals surface area contributed by atoms with E-state index in [1.54, 1.807) is 0 Å². The Balaban J connectivity index is 1.57. The second-order valence-corrected chi connectivity index (χ2v) is 10.8. The average molecular weight is 433 g/mol. The van der Waals surface area contributed by atoms with Gasteiger partial charge >= 0.3 is 5.97 Å². The van der Waals surface area contributed by atoms with Crippen molar-refractivity contribution < 1.29 is 19.1 Å². The molecule has 0 N–H and O–H groups in total. The number of ether oxygens (including phenoxy) is 2. The maximum atomic E-state index is 13.8. The highest BCUT2D eigenvalue weighted by Crippen LogP contribution is 2.56. The van der Waals surface area contributed by atoms with E-state index in [0.717, 1.165) is 40.7 Å². The third kappa shape index (κ3) is 3.31. The van der Waals surface area contributed by atoms with Gasteiger partial charge in [0.15, 0.2) is 0 Å². The van der Waals surface area contributed by atoms with Crippen LogP contribution in [-0.4, -0.2) is 30.1 Å². The predicted molar refractivity (Wildman–Crippen MR) is 123 cm³/mol. The molecular weight excluding hydrogens is 400 g/mol. The summed E-state index contributed by atoms with van der Waals surface area (Å²) in [4.78, 5) is 26.7. The monoisotopic (exact) mass is 432 g/mol. The van der Waals surface area contributed by atoms with E-state index < -0.39 is 17.4 Å². The Morgan fingerprint density at radius 3 is 2.22 bits per heavy atom. The molecule has 2 heterocycles. The van der Waals surface area contributed by atoms with Gasteiger partial charge in [0.2, 0.25) is 0 Å². The minimum Gasteiger partial charge on any atom is -0.460 e. The number of ketones is 1. The molecular formula is C28H32O4. The summed E-state index contributed by atoms with van der Waals surface area (Å²) in [6, 6.07) is 14.6. The summed E-state index contributed by atoms with van der Waals surface area (Å²) in [5.41, 5.74) is 4.85. The smallest absolute Gasteiger partial charge is 0.311 e. The lowest BCUT2D eigenvalue weighted by molar-refractivity contribution is -0.162. The van der Waals surface area contributed by atoms with Crippen LogP contribution in [0, 0.1) is 31.1 Å². The zero-order valence-electron chi connectivity index (χ0n) is 19.6. The highest BCUT2D eigenvalue weighted by molar-refractivity contribution is 5.94. The lowest BCUT2D eigenvalue weighted by atomic mass is 9.80. The Morgan fingerprint density at radius 2 is 1.59 bits per heavy atom. The van der Waals surface area contributed by atoms with Gasteiger partial charge in [-0.2, -0.15) is 0 Å². The molecule has 0 amide bonds. The fourth-order valence-corrected chi connectivity index (χ4v) is 6.11. The van der Waals surface area contributed by atoms with Crippen LogP contribution in [0.15, 0.2) is 42.5 Å². The topological polar surface area (TPSA) is 52.6 Å². The molecule has 5 rings (SSSR count). The molecule has 2 aromatic rings. The maximum Gasteiger partial charge on any atom is 0.311 e. The molecule has 2 aliphatic heterocycles. The van der Waals surface area contributed by atoms with Gasteiger partial charge in [0.25, 0.3) is 0 Å². The molecule has 6 atom stereocenters. The number of benzene rings is 2. The molecule has 1 saturated carbocycles. The number of esters is 1. The Labute approximate surface area is 190 Å². The highest BCUT2D eigenvalue weighted by Gasteiger charge is 2.64. The fourth-order valence-electron chi connectivity index (χ4n) is 6.11. The van der Waals surface area contributed by atoms with E-state index in [2.05, 4.69) is 38.1 Å². The zero-order valence-corrected chi connectivity index (χ0v) is 19.6. The summed E-state index contributed by atoms with van der Waals surface area (Å²) in [5, 5.41) is 0. The van der Waals surface area contributed by atoms with Crippen LogP contribution in [0.4, 0.5) is 0 Å². The molecule has 0 radical (unpaired) electrons. The lowest BCUT2D eigenvalue weighted by Gasteiger charge is -2.31. The summed E-state index contributed by atoms with van der Waals surface area (Å²) in [6.45, 7) is 9.73. The number of hydrogen-bond acceptors (Lipinski definition) is 4. The van der Waals surface area contributed by atoms with Crippen molar-refractivity contribution >= 4 is 11.8 Å². The SMILES string of the molecule is Cc1cc(-c2ccccc2)cc(C)c1C1C(=O)C2C3CCC(O3)C2C1OC(=O)C(C)(C)C. The first-order valence-electron chi connectivity index (χ1n) is 11.7. The summed E-state index contributed by atoms with van der Waals surface area (Å²) in [5.74, 6) is -0.685. The van der Waals surface area contributed by atoms with Crippen LogP contribution in [0.25, 0.3) is 11.1 Å². The van der Waals surface area contributed by atoms with Gasteiger partial charge in [-0.25, -0.2) is 0 Å². The van der Waals surface area contributed by atoms with E-state index in [1.165, 1.54) is 0 Å². The summed E-state index contributed by atoms with van der Waals surface area (Å²) >= 11 is 0. The van der Waals surface area contributed by atoms with Crippen molar-refractivity contribution in [3.05, 3.63) is 59.2 Å². The van der Waals surface area contributed by atoms with Crippen molar-refractivity contribution in [3.63, 3.8) is 0 Å². The first-order chi connectivity index (χ1) is 15.2. The van der Waals surface area contributed by atoms with E-state index in [9.17, 15) is 9.59 Å². The van der Waals surface area contributed by atoms with Crippen LogP contribution in [0.2, 0.25) is 0 Å². The number of carbonyl (C=O) groups is 2.